The van der Waals surface area contributed by atoms with Crippen molar-refractivity contribution in [3.05, 3.63) is 91.0 Å². The van der Waals surface area contributed by atoms with Gasteiger partial charge in [0.1, 0.15) is 0 Å². The van der Waals surface area contributed by atoms with Crippen molar-refractivity contribution in [3.8, 4) is 11.1 Å². The second-order valence-corrected chi connectivity index (χ2v) is 7.99. The lowest BCUT2D eigenvalue weighted by atomic mass is 9.85. The van der Waals surface area contributed by atoms with Crippen molar-refractivity contribution in [1.82, 2.24) is 0 Å². The summed E-state index contributed by atoms with van der Waals surface area (Å²) in [5, 5.41) is 17.6. The molecule has 0 amide bonds. The van der Waals surface area contributed by atoms with Crippen LogP contribution in [-0.2, 0) is 0 Å². The number of benzene rings is 5. The van der Waals surface area contributed by atoms with Crippen LogP contribution in [0.2, 0.25) is 0 Å². The van der Waals surface area contributed by atoms with Gasteiger partial charge in [-0.05, 0) is 55.0 Å². The molecule has 27 heavy (non-hydrogen) atoms. The van der Waals surface area contributed by atoms with E-state index in [-0.39, 0.29) is 0 Å². The molecular weight excluding hydrogens is 442 g/mol. The Morgan fingerprint density at radius 1 is 0.519 bits per heavy atom. The molecule has 0 radical (unpaired) electrons. The van der Waals surface area contributed by atoms with E-state index in [1.54, 1.807) is 0 Å². The number of rotatable bonds is 2. The molecule has 5 aromatic carbocycles. The first-order chi connectivity index (χ1) is 13.2. The van der Waals surface area contributed by atoms with Crippen LogP contribution in [0.4, 0.5) is 0 Å². The fourth-order valence-electron chi connectivity index (χ4n) is 3.95. The van der Waals surface area contributed by atoms with Crippen molar-refractivity contribution in [2.75, 3.05) is 0 Å². The molecule has 0 aromatic heterocycles. The maximum absolute atomic E-state index is 9.91. The van der Waals surface area contributed by atoms with Gasteiger partial charge in [0.15, 0.2) is 0 Å². The van der Waals surface area contributed by atoms with Crippen LogP contribution in [0.25, 0.3) is 43.4 Å². The van der Waals surface area contributed by atoms with Gasteiger partial charge in [-0.1, -0.05) is 84.9 Å². The lowest BCUT2D eigenvalue weighted by Gasteiger charge is -2.12. The monoisotopic (exact) mass is 458 g/mol. The zero-order valence-corrected chi connectivity index (χ0v) is 16.7. The predicted octanol–water partition coefficient (Wildman–Crippen LogP) is 5.94. The first-order valence-electron chi connectivity index (χ1n) is 8.98. The van der Waals surface area contributed by atoms with E-state index in [0.29, 0.717) is 0 Å². The van der Waals surface area contributed by atoms with E-state index in [9.17, 15) is 5.02 Å². The molecule has 0 saturated heterocycles. The van der Waals surface area contributed by atoms with Crippen LogP contribution in [0.1, 0.15) is 0 Å². The fraction of sp³-hybridized carbons (Fsp3) is 0. The van der Waals surface area contributed by atoms with E-state index in [1.807, 2.05) is 34.5 Å². The average Bonchev–Trinajstić information content (AvgIpc) is 2.73. The molecule has 5 rings (SSSR count). The number of fused-ring (bicyclic) bond motifs is 6. The number of hydrogen-bond acceptors (Lipinski definition) is 1. The summed E-state index contributed by atoms with van der Waals surface area (Å²) in [7, 11) is 0. The van der Waals surface area contributed by atoms with Crippen LogP contribution in [0.3, 0.4) is 0 Å². The summed E-state index contributed by atoms with van der Waals surface area (Å²) in [6, 6.07) is 32.1. The molecule has 0 spiro atoms. The summed E-state index contributed by atoms with van der Waals surface area (Å²) >= 11 is 2.04. The summed E-state index contributed by atoms with van der Waals surface area (Å²) < 4.78 is -0.493. The third kappa shape index (κ3) is 2.82. The van der Waals surface area contributed by atoms with E-state index >= 15 is 0 Å². The quantitative estimate of drug-likeness (QED) is 0.198. The highest BCUT2D eigenvalue weighted by atomic mass is 127. The normalized spacial score (nSPS) is 11.3. The zero-order valence-electron chi connectivity index (χ0n) is 14.6. The zero-order chi connectivity index (χ0) is 18.4. The highest BCUT2D eigenvalue weighted by Crippen LogP contribution is 2.36. The lowest BCUT2D eigenvalue weighted by molar-refractivity contribution is 0.612. The summed E-state index contributed by atoms with van der Waals surface area (Å²) in [5.74, 6) is 0. The smallest absolute Gasteiger partial charge is 0.397 e. The van der Waals surface area contributed by atoms with Crippen molar-refractivity contribution >= 4 is 64.9 Å². The summed E-state index contributed by atoms with van der Waals surface area (Å²) in [6.07, 6.45) is 0. The molecule has 0 saturated carbocycles. The number of halogens is 1. The topological polar surface area (TPSA) is 20.2 Å². The predicted molar refractivity (Wildman–Crippen MR) is 126 cm³/mol. The molecule has 128 valence electrons. The fourth-order valence-corrected chi connectivity index (χ4v) is 4.34. The molecule has 5 aromatic rings. The second kappa shape index (κ2) is 6.66. The van der Waals surface area contributed by atoms with Crippen molar-refractivity contribution in [2.24, 2.45) is 0 Å². The molecule has 0 fully saturated rings. The van der Waals surface area contributed by atoms with Crippen molar-refractivity contribution in [3.63, 3.8) is 0 Å². The van der Waals surface area contributed by atoms with Gasteiger partial charge in [-0.25, -0.2) is 0 Å². The van der Waals surface area contributed by atoms with E-state index < -0.39 is 4.77 Å². The Morgan fingerprint density at radius 2 is 1.04 bits per heavy atom. The molecule has 0 aliphatic rings. The minimum atomic E-state index is -0.493. The second-order valence-electron chi connectivity index (χ2n) is 6.81. The molecule has 1 N–H and O–H groups in total. The van der Waals surface area contributed by atoms with Crippen molar-refractivity contribution < 1.29 is 5.02 Å². The highest BCUT2D eigenvalue weighted by Gasteiger charge is 2.12. The standard InChI is InChI=1S/C24H16BIO/c26-25(27)18-7-5-6-16(14-18)17-12-13-23-21-10-2-1-8-19(21)20-9-3-4-11-22(20)24(23)15-17/h1-15,27H. The van der Waals surface area contributed by atoms with Gasteiger partial charge >= 0.3 is 4.77 Å². The Morgan fingerprint density at radius 3 is 1.63 bits per heavy atom. The first kappa shape index (κ1) is 16.8. The van der Waals surface area contributed by atoms with Crippen molar-refractivity contribution in [1.29, 1.82) is 0 Å². The Labute approximate surface area is 171 Å². The SMILES string of the molecule is OB(I)c1cccc(-c2ccc3c4ccccc4c4ccccc4c3c2)c1. The lowest BCUT2D eigenvalue weighted by Crippen LogP contribution is -2.22. The Bertz CT molecular complexity index is 1270. The van der Waals surface area contributed by atoms with Crippen LogP contribution in [0.5, 0.6) is 0 Å². The Balaban J connectivity index is 1.85. The summed E-state index contributed by atoms with van der Waals surface area (Å²) in [6.45, 7) is 0. The molecule has 0 heterocycles. The maximum Gasteiger partial charge on any atom is 0.397 e. The van der Waals surface area contributed by atoms with Gasteiger partial charge in [0.05, 0.1) is 0 Å². The average molecular weight is 458 g/mol. The molecule has 0 bridgehead atoms. The van der Waals surface area contributed by atoms with Crippen LogP contribution >= 0.6 is 22.4 Å². The molecule has 1 nitrogen and oxygen atoms in total. The minimum absolute atomic E-state index is 0.493. The molecule has 0 unspecified atom stereocenters. The van der Waals surface area contributed by atoms with Crippen LogP contribution in [0.15, 0.2) is 91.0 Å². The first-order valence-corrected chi connectivity index (χ1v) is 10.2. The van der Waals surface area contributed by atoms with Crippen LogP contribution in [0, 0.1) is 0 Å². The summed E-state index contributed by atoms with van der Waals surface area (Å²) in [5.41, 5.74) is 3.22. The highest BCUT2D eigenvalue weighted by molar-refractivity contribution is 14.1. The molecule has 0 aliphatic carbocycles. The molecular formula is C24H16BIO. The largest absolute Gasteiger partial charge is 0.438 e. The van der Waals surface area contributed by atoms with Gasteiger partial charge in [0.25, 0.3) is 0 Å². The van der Waals surface area contributed by atoms with Gasteiger partial charge in [0, 0.05) is 0 Å². The van der Waals surface area contributed by atoms with Crippen LogP contribution in [-0.4, -0.2) is 9.80 Å². The minimum Gasteiger partial charge on any atom is -0.438 e. The Hall–Kier alpha value is -2.37. The van der Waals surface area contributed by atoms with Gasteiger partial charge in [0.2, 0.25) is 0 Å². The summed E-state index contributed by atoms with van der Waals surface area (Å²) in [4.78, 5) is 0. The third-order valence-electron chi connectivity index (χ3n) is 5.24. The van der Waals surface area contributed by atoms with E-state index in [4.69, 9.17) is 0 Å². The maximum atomic E-state index is 9.91. The van der Waals surface area contributed by atoms with Gasteiger partial charge < -0.3 is 5.02 Å². The van der Waals surface area contributed by atoms with Gasteiger partial charge in [-0.15, -0.1) is 22.4 Å². The van der Waals surface area contributed by atoms with Crippen molar-refractivity contribution in [2.45, 2.75) is 0 Å². The van der Waals surface area contributed by atoms with Gasteiger partial charge in [-0.2, -0.15) is 0 Å². The van der Waals surface area contributed by atoms with E-state index in [2.05, 4.69) is 78.9 Å². The number of hydrogen-bond donors (Lipinski definition) is 1. The van der Waals surface area contributed by atoms with E-state index in [1.165, 1.54) is 37.9 Å². The molecule has 0 aliphatic heterocycles. The molecule has 3 heteroatoms. The third-order valence-corrected chi connectivity index (χ3v) is 5.96. The van der Waals surface area contributed by atoms with E-state index in [0.717, 1.165) is 11.0 Å². The van der Waals surface area contributed by atoms with Crippen LogP contribution < -0.4 is 5.46 Å². The molecule has 0 atom stereocenters. The Kier molecular flexibility index (Phi) is 4.14. The van der Waals surface area contributed by atoms with Gasteiger partial charge in [-0.3, -0.25) is 0 Å².